The molecule has 0 bridgehead atoms. The van der Waals surface area contributed by atoms with Gasteiger partial charge in [-0.3, -0.25) is 24.3 Å². The number of ether oxygens (including phenoxy) is 1. The molecule has 1 unspecified atom stereocenters. The van der Waals surface area contributed by atoms with Gasteiger partial charge in [-0.15, -0.1) is 0 Å². The fourth-order valence-corrected chi connectivity index (χ4v) is 7.17. The Morgan fingerprint density at radius 2 is 1.42 bits per heavy atom. The van der Waals surface area contributed by atoms with E-state index in [9.17, 15) is 37.5 Å². The molecule has 1 atom stereocenters. The van der Waals surface area contributed by atoms with Gasteiger partial charge in [0.2, 0.25) is 10.0 Å². The van der Waals surface area contributed by atoms with E-state index in [1.807, 2.05) is 23.6 Å². The first kappa shape index (κ1) is 40.7. The van der Waals surface area contributed by atoms with Crippen LogP contribution in [-0.4, -0.2) is 166 Å². The third-order valence-electron chi connectivity index (χ3n) is 8.24. The van der Waals surface area contributed by atoms with Crippen LogP contribution in [0.2, 0.25) is 0 Å². The number of hydrogen-bond donors (Lipinski definition) is 2. The predicted molar refractivity (Wildman–Crippen MR) is 179 cm³/mol. The molecule has 2 amide bonds. The number of carboxylic acids is 1. The molecule has 0 aliphatic carbocycles. The third-order valence-corrected chi connectivity index (χ3v) is 10.2. The Hall–Kier alpha value is -3.44. The van der Waals surface area contributed by atoms with Crippen LogP contribution in [0.5, 0.6) is 0 Å². The molecule has 1 aromatic rings. The standard InChI is InChI=1S/C32H52N6O9S/c1-4-13-38(14-5-2)48(45,46)28-10-8-27(9-11-28)30(41)33-12-6-7-29(31(42)43)36-19-17-34(23-25-39)15-16-35(24-26-40)18-20-37(22-21-36)32(44)47-3/h8-11,25-26,29H,4-7,12-24H2,1-3H3,(H,33,41)(H,42,43). The summed E-state index contributed by atoms with van der Waals surface area (Å²) in [5.74, 6) is -1.45. The van der Waals surface area contributed by atoms with Crippen molar-refractivity contribution in [1.82, 2.24) is 29.2 Å². The molecule has 1 aliphatic heterocycles. The lowest BCUT2D eigenvalue weighted by Crippen LogP contribution is -2.51. The van der Waals surface area contributed by atoms with Crippen molar-refractivity contribution in [1.29, 1.82) is 0 Å². The molecule has 1 saturated heterocycles. The Kier molecular flexibility index (Phi) is 18.3. The number of nitrogens with zero attached hydrogens (tertiary/aromatic N) is 5. The minimum Gasteiger partial charge on any atom is -0.480 e. The van der Waals surface area contributed by atoms with E-state index < -0.39 is 34.0 Å². The van der Waals surface area contributed by atoms with Gasteiger partial charge in [0, 0.05) is 77.6 Å². The van der Waals surface area contributed by atoms with Crippen LogP contribution in [0.3, 0.4) is 0 Å². The Morgan fingerprint density at radius 3 is 1.94 bits per heavy atom. The topological polar surface area (TPSA) is 177 Å². The van der Waals surface area contributed by atoms with E-state index >= 15 is 0 Å². The number of nitrogens with one attached hydrogen (secondary N) is 1. The van der Waals surface area contributed by atoms with Gasteiger partial charge in [-0.1, -0.05) is 13.8 Å². The van der Waals surface area contributed by atoms with Crippen molar-refractivity contribution in [3.05, 3.63) is 29.8 Å². The number of hydrogen-bond acceptors (Lipinski definition) is 11. The molecule has 1 aliphatic rings. The lowest BCUT2D eigenvalue weighted by atomic mass is 10.1. The number of aldehydes is 2. The van der Waals surface area contributed by atoms with Gasteiger partial charge in [0.15, 0.2) is 0 Å². The average Bonchev–Trinajstić information content (AvgIpc) is 3.07. The number of rotatable bonds is 17. The van der Waals surface area contributed by atoms with Gasteiger partial charge < -0.3 is 29.6 Å². The molecule has 0 spiro atoms. The summed E-state index contributed by atoms with van der Waals surface area (Å²) in [5, 5.41) is 13.0. The molecule has 1 fully saturated rings. The summed E-state index contributed by atoms with van der Waals surface area (Å²) in [6, 6.07) is 4.85. The number of amides is 2. The average molecular weight is 697 g/mol. The van der Waals surface area contributed by atoms with E-state index in [1.165, 1.54) is 40.6 Å². The van der Waals surface area contributed by atoms with Gasteiger partial charge in [0.25, 0.3) is 5.91 Å². The number of aliphatic carboxylic acids is 1. The van der Waals surface area contributed by atoms with E-state index in [0.717, 1.165) is 12.6 Å². The van der Waals surface area contributed by atoms with Crippen molar-refractivity contribution in [3.8, 4) is 0 Å². The van der Waals surface area contributed by atoms with E-state index in [2.05, 4.69) is 5.32 Å². The Morgan fingerprint density at radius 1 is 0.896 bits per heavy atom. The van der Waals surface area contributed by atoms with Gasteiger partial charge in [-0.25, -0.2) is 13.2 Å². The third kappa shape index (κ3) is 12.9. The van der Waals surface area contributed by atoms with Crippen LogP contribution < -0.4 is 5.32 Å². The van der Waals surface area contributed by atoms with Crippen LogP contribution in [-0.2, 0) is 29.1 Å². The summed E-state index contributed by atoms with van der Waals surface area (Å²) in [5.41, 5.74) is 0.286. The largest absolute Gasteiger partial charge is 0.480 e. The van der Waals surface area contributed by atoms with Gasteiger partial charge >= 0.3 is 12.1 Å². The fraction of sp³-hybridized carbons (Fsp3) is 0.656. The first-order valence-corrected chi connectivity index (χ1v) is 18.0. The maximum absolute atomic E-state index is 13.0. The van der Waals surface area contributed by atoms with Crippen LogP contribution in [0, 0.1) is 0 Å². The van der Waals surface area contributed by atoms with E-state index in [4.69, 9.17) is 4.74 Å². The summed E-state index contributed by atoms with van der Waals surface area (Å²) in [4.78, 5) is 67.5. The minimum absolute atomic E-state index is 0.118. The molecule has 2 N–H and O–H groups in total. The van der Waals surface area contributed by atoms with Crippen molar-refractivity contribution in [2.75, 3.05) is 92.2 Å². The summed E-state index contributed by atoms with van der Waals surface area (Å²) < 4.78 is 32.4. The van der Waals surface area contributed by atoms with Crippen LogP contribution in [0.25, 0.3) is 0 Å². The van der Waals surface area contributed by atoms with Crippen LogP contribution in [0.15, 0.2) is 29.2 Å². The summed E-state index contributed by atoms with van der Waals surface area (Å²) >= 11 is 0. The van der Waals surface area contributed by atoms with E-state index in [0.29, 0.717) is 65.1 Å². The molecule has 2 rings (SSSR count). The van der Waals surface area contributed by atoms with Crippen molar-refractivity contribution >= 4 is 40.6 Å². The quantitative estimate of drug-likeness (QED) is 0.174. The fourth-order valence-electron chi connectivity index (χ4n) is 5.55. The Labute approximate surface area is 284 Å². The van der Waals surface area contributed by atoms with Gasteiger partial charge in [-0.05, 0) is 49.9 Å². The van der Waals surface area contributed by atoms with Crippen LogP contribution >= 0.6 is 0 Å². The monoisotopic (exact) mass is 696 g/mol. The smallest absolute Gasteiger partial charge is 0.409 e. The highest BCUT2D eigenvalue weighted by atomic mass is 32.2. The second kappa shape index (κ2) is 21.5. The Balaban J connectivity index is 2.08. The molecule has 15 nitrogen and oxygen atoms in total. The van der Waals surface area contributed by atoms with Gasteiger partial charge in [0.1, 0.15) is 18.6 Å². The zero-order valence-electron chi connectivity index (χ0n) is 28.4. The molecule has 0 saturated carbocycles. The minimum atomic E-state index is -3.67. The SMILES string of the molecule is CCCN(CCC)S(=O)(=O)c1ccc(C(=O)NCCCC(C(=O)O)N2CCN(CC=O)CCN(CC=O)CCN(C(=O)OC)CC2)cc1. The lowest BCUT2D eigenvalue weighted by molar-refractivity contribution is -0.143. The van der Waals surface area contributed by atoms with Crippen LogP contribution in [0.1, 0.15) is 49.9 Å². The predicted octanol–water partition coefficient (Wildman–Crippen LogP) is 0.846. The van der Waals surface area contributed by atoms with Crippen molar-refractivity contribution < 1.29 is 42.2 Å². The zero-order valence-corrected chi connectivity index (χ0v) is 29.2. The highest BCUT2D eigenvalue weighted by Crippen LogP contribution is 2.18. The highest BCUT2D eigenvalue weighted by Gasteiger charge is 2.28. The second-order valence-electron chi connectivity index (χ2n) is 11.6. The molecule has 1 aromatic carbocycles. The summed E-state index contributed by atoms with van der Waals surface area (Å²) in [6.07, 6.45) is 2.94. The van der Waals surface area contributed by atoms with E-state index in [-0.39, 0.29) is 56.1 Å². The van der Waals surface area contributed by atoms with Crippen LogP contribution in [0.4, 0.5) is 4.79 Å². The maximum Gasteiger partial charge on any atom is 0.409 e. The first-order chi connectivity index (χ1) is 23.0. The summed E-state index contributed by atoms with van der Waals surface area (Å²) in [6.45, 7) is 7.93. The van der Waals surface area contributed by atoms with Gasteiger partial charge in [0.05, 0.1) is 25.1 Å². The second-order valence-corrected chi connectivity index (χ2v) is 13.5. The lowest BCUT2D eigenvalue weighted by Gasteiger charge is -2.35. The molecule has 16 heteroatoms. The molecular formula is C32H52N6O9S. The number of carboxylic acid groups (broad SMARTS) is 1. The maximum atomic E-state index is 13.0. The number of sulfonamides is 1. The number of carbonyl (C=O) groups excluding carboxylic acids is 4. The van der Waals surface area contributed by atoms with Crippen molar-refractivity contribution in [2.45, 2.75) is 50.5 Å². The first-order valence-electron chi connectivity index (χ1n) is 16.5. The molecule has 270 valence electrons. The highest BCUT2D eigenvalue weighted by molar-refractivity contribution is 7.89. The number of benzene rings is 1. The Bertz CT molecular complexity index is 1280. The molecule has 0 aromatic heterocycles. The van der Waals surface area contributed by atoms with Gasteiger partial charge in [-0.2, -0.15) is 4.31 Å². The molecular weight excluding hydrogens is 644 g/mol. The van der Waals surface area contributed by atoms with Crippen molar-refractivity contribution in [2.24, 2.45) is 0 Å². The number of carbonyl (C=O) groups is 5. The normalized spacial score (nSPS) is 16.8. The molecule has 0 radical (unpaired) electrons. The molecule has 1 heterocycles. The molecule has 48 heavy (non-hydrogen) atoms. The summed E-state index contributed by atoms with van der Waals surface area (Å²) in [7, 11) is -2.40. The van der Waals surface area contributed by atoms with E-state index in [1.54, 1.807) is 4.90 Å². The van der Waals surface area contributed by atoms with Crippen molar-refractivity contribution in [3.63, 3.8) is 0 Å². The zero-order chi connectivity index (χ0) is 35.5. The number of methoxy groups -OCH3 is 1.